The van der Waals surface area contributed by atoms with Crippen LogP contribution in [0.15, 0.2) is 22.7 Å². The standard InChI is InChI=1S/C9H8BrFN2/c10-9-6(8(13)4-5-12)2-1-3-7(9)11/h1-3,8H,4,13H2/t8-/m0/s1. The van der Waals surface area contributed by atoms with Gasteiger partial charge in [0.15, 0.2) is 0 Å². The van der Waals surface area contributed by atoms with E-state index in [1.165, 1.54) is 6.07 Å². The Morgan fingerprint density at radius 3 is 2.92 bits per heavy atom. The van der Waals surface area contributed by atoms with Gasteiger partial charge in [-0.25, -0.2) is 4.39 Å². The third kappa shape index (κ3) is 2.27. The lowest BCUT2D eigenvalue weighted by Gasteiger charge is -2.10. The lowest BCUT2D eigenvalue weighted by molar-refractivity contribution is 0.612. The van der Waals surface area contributed by atoms with Gasteiger partial charge < -0.3 is 5.73 Å². The molecule has 0 spiro atoms. The Morgan fingerprint density at radius 2 is 2.31 bits per heavy atom. The maximum absolute atomic E-state index is 13.0. The van der Waals surface area contributed by atoms with Gasteiger partial charge in [0.2, 0.25) is 0 Å². The van der Waals surface area contributed by atoms with Crippen molar-refractivity contribution in [3.8, 4) is 6.07 Å². The smallest absolute Gasteiger partial charge is 0.137 e. The van der Waals surface area contributed by atoms with E-state index >= 15 is 0 Å². The zero-order valence-electron chi connectivity index (χ0n) is 6.80. The molecule has 68 valence electrons. The molecule has 0 saturated heterocycles. The molecule has 0 fully saturated rings. The molecule has 0 amide bonds. The number of nitrogens with two attached hydrogens (primary N) is 1. The van der Waals surface area contributed by atoms with Crippen molar-refractivity contribution in [3.63, 3.8) is 0 Å². The summed E-state index contributed by atoms with van der Waals surface area (Å²) in [5, 5.41) is 8.42. The lowest BCUT2D eigenvalue weighted by Crippen LogP contribution is -2.10. The Bertz CT molecular complexity index is 346. The summed E-state index contributed by atoms with van der Waals surface area (Å²) >= 11 is 3.09. The van der Waals surface area contributed by atoms with Crippen molar-refractivity contribution in [1.82, 2.24) is 0 Å². The SMILES string of the molecule is N#CC[C@H](N)c1cccc(F)c1Br. The zero-order chi connectivity index (χ0) is 9.84. The molecule has 1 atom stereocenters. The lowest BCUT2D eigenvalue weighted by atomic mass is 10.1. The van der Waals surface area contributed by atoms with Crippen LogP contribution in [0.5, 0.6) is 0 Å². The van der Waals surface area contributed by atoms with Crippen LogP contribution in [-0.2, 0) is 0 Å². The van der Waals surface area contributed by atoms with E-state index in [1.807, 2.05) is 6.07 Å². The monoisotopic (exact) mass is 242 g/mol. The van der Waals surface area contributed by atoms with Gasteiger partial charge in [-0.05, 0) is 27.6 Å². The fraction of sp³-hybridized carbons (Fsp3) is 0.222. The van der Waals surface area contributed by atoms with E-state index in [-0.39, 0.29) is 12.2 Å². The number of benzene rings is 1. The number of nitriles is 1. The first-order valence-electron chi connectivity index (χ1n) is 3.73. The van der Waals surface area contributed by atoms with E-state index in [0.29, 0.717) is 10.0 Å². The third-order valence-electron chi connectivity index (χ3n) is 1.69. The van der Waals surface area contributed by atoms with Crippen molar-refractivity contribution in [1.29, 1.82) is 5.26 Å². The van der Waals surface area contributed by atoms with Crippen LogP contribution in [0.2, 0.25) is 0 Å². The predicted octanol–water partition coefficient (Wildman–Crippen LogP) is 2.50. The third-order valence-corrected chi connectivity index (χ3v) is 2.53. The van der Waals surface area contributed by atoms with E-state index in [1.54, 1.807) is 12.1 Å². The van der Waals surface area contributed by atoms with E-state index in [4.69, 9.17) is 11.0 Å². The van der Waals surface area contributed by atoms with Crippen LogP contribution in [0.25, 0.3) is 0 Å². The largest absolute Gasteiger partial charge is 0.323 e. The first-order valence-corrected chi connectivity index (χ1v) is 4.52. The van der Waals surface area contributed by atoms with E-state index < -0.39 is 6.04 Å². The van der Waals surface area contributed by atoms with Crippen molar-refractivity contribution >= 4 is 15.9 Å². The number of hydrogen-bond acceptors (Lipinski definition) is 2. The molecule has 2 N–H and O–H groups in total. The highest BCUT2D eigenvalue weighted by Gasteiger charge is 2.11. The Labute approximate surface area is 84.3 Å². The molecule has 0 bridgehead atoms. The summed E-state index contributed by atoms with van der Waals surface area (Å²) in [7, 11) is 0. The summed E-state index contributed by atoms with van der Waals surface area (Å²) in [4.78, 5) is 0. The van der Waals surface area contributed by atoms with Crippen LogP contribution in [0.1, 0.15) is 18.0 Å². The van der Waals surface area contributed by atoms with Crippen molar-refractivity contribution in [2.24, 2.45) is 5.73 Å². The average molecular weight is 243 g/mol. The number of hydrogen-bond donors (Lipinski definition) is 1. The van der Waals surface area contributed by atoms with Crippen LogP contribution in [0.3, 0.4) is 0 Å². The molecule has 1 aromatic rings. The van der Waals surface area contributed by atoms with Gasteiger partial charge in [-0.1, -0.05) is 12.1 Å². The van der Waals surface area contributed by atoms with Gasteiger partial charge in [-0.3, -0.25) is 0 Å². The van der Waals surface area contributed by atoms with Gasteiger partial charge in [-0.2, -0.15) is 5.26 Å². The number of nitrogens with zero attached hydrogens (tertiary/aromatic N) is 1. The van der Waals surface area contributed by atoms with Gasteiger partial charge in [-0.15, -0.1) is 0 Å². The minimum Gasteiger partial charge on any atom is -0.323 e. The summed E-state index contributed by atoms with van der Waals surface area (Å²) in [5.41, 5.74) is 6.28. The molecule has 0 aromatic heterocycles. The Morgan fingerprint density at radius 1 is 1.62 bits per heavy atom. The maximum atomic E-state index is 13.0. The zero-order valence-corrected chi connectivity index (χ0v) is 8.38. The fourth-order valence-corrected chi connectivity index (χ4v) is 1.57. The quantitative estimate of drug-likeness (QED) is 0.867. The molecule has 0 heterocycles. The first kappa shape index (κ1) is 10.2. The highest BCUT2D eigenvalue weighted by Crippen LogP contribution is 2.26. The predicted molar refractivity (Wildman–Crippen MR) is 51.3 cm³/mol. The van der Waals surface area contributed by atoms with E-state index in [0.717, 1.165) is 0 Å². The highest BCUT2D eigenvalue weighted by atomic mass is 79.9. The molecule has 0 aliphatic carbocycles. The van der Waals surface area contributed by atoms with Crippen molar-refractivity contribution in [3.05, 3.63) is 34.1 Å². The Kier molecular flexibility index (Phi) is 3.40. The second-order valence-corrected chi connectivity index (χ2v) is 3.40. The summed E-state index contributed by atoms with van der Waals surface area (Å²) in [6, 6.07) is 6.13. The van der Waals surface area contributed by atoms with Crippen LogP contribution in [0.4, 0.5) is 4.39 Å². The second-order valence-electron chi connectivity index (χ2n) is 2.61. The molecule has 4 heteroatoms. The van der Waals surface area contributed by atoms with Crippen LogP contribution in [-0.4, -0.2) is 0 Å². The fourth-order valence-electron chi connectivity index (χ4n) is 1.02. The van der Waals surface area contributed by atoms with E-state index in [2.05, 4.69) is 15.9 Å². The van der Waals surface area contributed by atoms with Crippen molar-refractivity contribution < 1.29 is 4.39 Å². The van der Waals surface area contributed by atoms with E-state index in [9.17, 15) is 4.39 Å². The maximum Gasteiger partial charge on any atom is 0.137 e. The highest BCUT2D eigenvalue weighted by molar-refractivity contribution is 9.10. The normalized spacial score (nSPS) is 12.2. The summed E-state index contributed by atoms with van der Waals surface area (Å²) < 4.78 is 13.3. The molecule has 0 aliphatic heterocycles. The summed E-state index contributed by atoms with van der Waals surface area (Å²) in [6.07, 6.45) is 0.183. The molecule has 0 saturated carbocycles. The average Bonchev–Trinajstić information content (AvgIpc) is 2.10. The Hall–Kier alpha value is -0.920. The van der Waals surface area contributed by atoms with Crippen molar-refractivity contribution in [2.75, 3.05) is 0 Å². The molecule has 0 radical (unpaired) electrons. The first-order chi connectivity index (χ1) is 6.16. The van der Waals surface area contributed by atoms with Crippen molar-refractivity contribution in [2.45, 2.75) is 12.5 Å². The summed E-state index contributed by atoms with van der Waals surface area (Å²) in [5.74, 6) is -0.356. The van der Waals surface area contributed by atoms with Crippen LogP contribution < -0.4 is 5.73 Å². The minimum atomic E-state index is -0.435. The molecule has 0 aliphatic rings. The topological polar surface area (TPSA) is 49.8 Å². The second kappa shape index (κ2) is 4.35. The number of halogens is 2. The van der Waals surface area contributed by atoms with Gasteiger partial charge in [0.05, 0.1) is 17.0 Å². The molecule has 1 aromatic carbocycles. The van der Waals surface area contributed by atoms with Gasteiger partial charge >= 0.3 is 0 Å². The summed E-state index contributed by atoms with van der Waals surface area (Å²) in [6.45, 7) is 0. The number of rotatable bonds is 2. The Balaban J connectivity index is 3.02. The minimum absolute atomic E-state index is 0.183. The van der Waals surface area contributed by atoms with Crippen LogP contribution in [0, 0.1) is 17.1 Å². The molecule has 13 heavy (non-hydrogen) atoms. The molecular weight excluding hydrogens is 235 g/mol. The van der Waals surface area contributed by atoms with Crippen LogP contribution >= 0.6 is 15.9 Å². The van der Waals surface area contributed by atoms with Gasteiger partial charge in [0.25, 0.3) is 0 Å². The van der Waals surface area contributed by atoms with Gasteiger partial charge in [0.1, 0.15) is 5.82 Å². The molecule has 0 unspecified atom stereocenters. The van der Waals surface area contributed by atoms with Gasteiger partial charge in [0, 0.05) is 6.04 Å². The molecular formula is C9H8BrFN2. The molecule has 1 rings (SSSR count). The molecule has 2 nitrogen and oxygen atoms in total.